The first kappa shape index (κ1) is 83.3. The summed E-state index contributed by atoms with van der Waals surface area (Å²) in [5.74, 6) is 0.640. The standard InChI is InChI=1S/C27H20N2O2.C21H17BNO2.C21H16BrN.C21H17N.C18H12BrN.C12H9N/c1-27(2)21-11-7-10-20-19-9-4-5-12-23(19)28(26(20)21)25-15-14-17(16-22(25)27)18-8-3-6-13-24(18)29(30)31;1-21(2)16-8-5-7-15-14-6-3-4-9-18(14)23(20(15)16)19-11-10-13(25-22-24)12-17(19)21;1-21(2)16-8-5-7-15-14-6-3-4-9-18(14)23(20(15)16)19-11-10-13(22)12-17(19)21;1-21(2)16-10-4-6-13-19(16)22-18-12-5-3-8-14(18)15-9-7-11-17(21)20(15)22;19-15-9-3-6-12-18(15)20-16-10-4-1-7-13(16)14-8-2-5-11-17(14)20;1-3-7-11-9(5-1)10-6-2-4-8-12(10)13-11/h3-16H,1-2H3;3-12,24H,1-2H3;3-12H,1-2H3;3-13H,1-2H3;1-12H;1-8,13H. The molecule has 134 heavy (non-hydrogen) atoms. The molecular formula is C120H91BBr2N7O4. The van der Waals surface area contributed by atoms with Gasteiger partial charge in [0.25, 0.3) is 5.69 Å². The van der Waals surface area contributed by atoms with Crippen molar-refractivity contribution in [1.82, 2.24) is 27.8 Å². The predicted molar refractivity (Wildman–Crippen MR) is 564 cm³/mol. The third kappa shape index (κ3) is 13.0. The van der Waals surface area contributed by atoms with Gasteiger partial charge in [-0.2, -0.15) is 0 Å². The third-order valence-electron chi connectivity index (χ3n) is 28.6. The van der Waals surface area contributed by atoms with Gasteiger partial charge in [-0.3, -0.25) is 10.1 Å². The Bertz CT molecular complexity index is 8860. The highest BCUT2D eigenvalue weighted by atomic mass is 79.9. The first-order chi connectivity index (χ1) is 65.2. The van der Waals surface area contributed by atoms with Gasteiger partial charge in [-0.25, -0.2) is 0 Å². The van der Waals surface area contributed by atoms with E-state index in [-0.39, 0.29) is 32.3 Å². The van der Waals surface area contributed by atoms with Crippen LogP contribution in [0.5, 0.6) is 5.75 Å². The quantitative estimate of drug-likeness (QED) is 0.102. The van der Waals surface area contributed by atoms with Crippen molar-refractivity contribution < 1.29 is 14.6 Å². The number of nitro groups is 1. The van der Waals surface area contributed by atoms with Crippen LogP contribution < -0.4 is 4.65 Å². The van der Waals surface area contributed by atoms with Crippen LogP contribution in [0, 0.1) is 10.1 Å². The summed E-state index contributed by atoms with van der Waals surface area (Å²) in [6, 6.07) is 138. The van der Waals surface area contributed by atoms with Gasteiger partial charge < -0.3 is 37.5 Å². The van der Waals surface area contributed by atoms with E-state index in [0.717, 1.165) is 27.9 Å². The molecule has 0 saturated carbocycles. The fourth-order valence-corrected chi connectivity index (χ4v) is 23.1. The molecule has 0 atom stereocenters. The zero-order valence-electron chi connectivity index (χ0n) is 75.2. The van der Waals surface area contributed by atoms with Crippen molar-refractivity contribution in [2.24, 2.45) is 0 Å². The van der Waals surface area contributed by atoms with Gasteiger partial charge in [0, 0.05) is 112 Å². The van der Waals surface area contributed by atoms with Gasteiger partial charge in [-0.05, 0) is 187 Å². The van der Waals surface area contributed by atoms with Crippen molar-refractivity contribution in [2.45, 2.75) is 77.0 Å². The van der Waals surface area contributed by atoms with Gasteiger partial charge >= 0.3 is 7.69 Å². The highest BCUT2D eigenvalue weighted by molar-refractivity contribution is 9.10. The van der Waals surface area contributed by atoms with Crippen molar-refractivity contribution in [3.05, 3.63) is 458 Å². The Morgan fingerprint density at radius 1 is 0.291 bits per heavy atom. The summed E-state index contributed by atoms with van der Waals surface area (Å²) in [5, 5.41) is 36.2. The zero-order valence-corrected chi connectivity index (χ0v) is 78.4. The van der Waals surface area contributed by atoms with Gasteiger partial charge in [-0.1, -0.05) is 338 Å². The molecule has 0 fully saturated rings. The molecule has 1 radical (unpaired) electrons. The number of benzene rings is 18. The molecule has 18 aromatic carbocycles. The van der Waals surface area contributed by atoms with Crippen LogP contribution in [-0.4, -0.2) is 45.5 Å². The van der Waals surface area contributed by atoms with Gasteiger partial charge in [0.15, 0.2) is 0 Å². The van der Waals surface area contributed by atoms with E-state index >= 15 is 0 Å². The van der Waals surface area contributed by atoms with E-state index in [0.29, 0.717) is 11.3 Å². The topological polar surface area (TPSA) is 113 Å². The lowest BCUT2D eigenvalue weighted by Gasteiger charge is -2.35. The van der Waals surface area contributed by atoms with E-state index in [9.17, 15) is 10.1 Å². The fraction of sp³-hybridized carbons (Fsp3) is 0.100. The minimum Gasteiger partial charge on any atom is -0.537 e. The Balaban J connectivity index is 0.0000000921. The molecule has 2 N–H and O–H groups in total. The van der Waals surface area contributed by atoms with Crippen LogP contribution in [0.4, 0.5) is 5.69 Å². The second-order valence-electron chi connectivity index (χ2n) is 37.3. The van der Waals surface area contributed by atoms with Crippen molar-refractivity contribution >= 4 is 176 Å². The number of para-hydroxylation sites is 15. The Kier molecular flexibility index (Phi) is 20.0. The number of nitrogens with one attached hydrogen (secondary N) is 1. The normalized spacial score (nSPS) is 13.8. The summed E-state index contributed by atoms with van der Waals surface area (Å²) in [7, 11) is 0.731. The molecule has 4 aliphatic heterocycles. The van der Waals surface area contributed by atoms with Gasteiger partial charge in [0.2, 0.25) is 0 Å². The lowest BCUT2D eigenvalue weighted by atomic mass is 9.74. The average Bonchev–Trinajstić information content (AvgIpc) is 1.54. The summed E-state index contributed by atoms with van der Waals surface area (Å²) in [5.41, 5.74) is 33.0. The molecule has 0 unspecified atom stereocenters. The van der Waals surface area contributed by atoms with E-state index in [1.165, 1.54) is 198 Å². The highest BCUT2D eigenvalue weighted by Gasteiger charge is 2.40. The largest absolute Gasteiger partial charge is 0.569 e. The second kappa shape index (κ2) is 32.2. The maximum Gasteiger partial charge on any atom is 0.569 e. The molecule has 4 aliphatic rings. The number of aromatic amines is 1. The van der Waals surface area contributed by atoms with Gasteiger partial charge in [0.05, 0.1) is 94.1 Å². The van der Waals surface area contributed by atoms with Gasteiger partial charge in [0.1, 0.15) is 5.75 Å². The smallest absolute Gasteiger partial charge is 0.537 e. The Morgan fingerprint density at radius 2 is 0.597 bits per heavy atom. The monoisotopic (exact) mass is 1860 g/mol. The maximum atomic E-state index is 11.6. The number of halogens is 2. The molecule has 6 aromatic heterocycles. The molecular weight excluding hydrogens is 1770 g/mol. The van der Waals surface area contributed by atoms with Crippen molar-refractivity contribution in [3.63, 3.8) is 0 Å². The molecule has 14 heteroatoms. The molecule has 24 aromatic rings. The fourth-order valence-electron chi connectivity index (χ4n) is 22.3. The molecule has 0 bridgehead atoms. The molecule has 28 rings (SSSR count). The van der Waals surface area contributed by atoms with Gasteiger partial charge in [-0.15, -0.1) is 0 Å². The van der Waals surface area contributed by atoms with E-state index < -0.39 is 0 Å². The molecule has 0 spiro atoms. The van der Waals surface area contributed by atoms with Crippen molar-refractivity contribution in [1.29, 1.82) is 0 Å². The number of H-pyrrole nitrogens is 1. The number of nitrogens with zero attached hydrogens (tertiary/aromatic N) is 6. The molecule has 11 nitrogen and oxygen atoms in total. The van der Waals surface area contributed by atoms with Crippen LogP contribution in [-0.2, 0) is 21.7 Å². The molecule has 647 valence electrons. The average molecular weight is 1870 g/mol. The van der Waals surface area contributed by atoms with Crippen LogP contribution in [0.2, 0.25) is 0 Å². The Labute approximate surface area is 792 Å². The number of hydrogen-bond donors (Lipinski definition) is 2. The summed E-state index contributed by atoms with van der Waals surface area (Å²) in [6.07, 6.45) is 0. The highest BCUT2D eigenvalue weighted by Crippen LogP contribution is 2.54. The summed E-state index contributed by atoms with van der Waals surface area (Å²) in [4.78, 5) is 14.7. The third-order valence-corrected chi connectivity index (χ3v) is 29.8. The molecule has 10 heterocycles. The van der Waals surface area contributed by atoms with E-state index in [2.05, 4.69) is 461 Å². The maximum absolute atomic E-state index is 11.6. The van der Waals surface area contributed by atoms with Crippen LogP contribution in [0.15, 0.2) is 403 Å². The SMILES string of the molecule is Brc1ccccc1-n1c2ccccc2c2ccccc21.CC1(C)c2cc(-c3ccccc3[N+](=O)[O-])ccc2-n2c3ccccc3c3cccc1c32.CC1(C)c2cc(Br)ccc2-n2c3ccccc3c3cccc1c32.CC1(C)c2cc(O[B]O)ccc2-n2c3ccccc3c3cccc1c32.CC1(C)c2ccccc2-n2c3ccccc3c3cccc1c32.c1ccc2c(c1)[nH]c1ccccc12. The van der Waals surface area contributed by atoms with E-state index in [4.69, 9.17) is 9.68 Å². The second-order valence-corrected chi connectivity index (χ2v) is 39.1. The minimum atomic E-state index is -0.307. The number of aromatic nitrogens is 6. The van der Waals surface area contributed by atoms with Crippen LogP contribution in [0.3, 0.4) is 0 Å². The predicted octanol–water partition coefficient (Wildman–Crippen LogP) is 31.8. The summed E-state index contributed by atoms with van der Waals surface area (Å²) in [6.45, 7) is 18.3. The molecule has 0 amide bonds. The number of hydrogen-bond acceptors (Lipinski definition) is 4. The minimum absolute atomic E-state index is 0.0109. The van der Waals surface area contributed by atoms with E-state index in [1.807, 2.05) is 36.4 Å². The number of fused-ring (bicyclic) bond motifs is 26. The zero-order chi connectivity index (χ0) is 91.4. The Morgan fingerprint density at radius 3 is 1.02 bits per heavy atom. The van der Waals surface area contributed by atoms with Crippen LogP contribution in [0.25, 0.3) is 170 Å². The number of nitro benzene ring substituents is 1. The summed E-state index contributed by atoms with van der Waals surface area (Å²) < 4.78 is 19.4. The number of rotatable bonds is 5. The lowest BCUT2D eigenvalue weighted by molar-refractivity contribution is -0.384. The van der Waals surface area contributed by atoms with E-state index in [1.54, 1.807) is 12.1 Å². The molecule has 0 aliphatic carbocycles. The Hall–Kier alpha value is -15.1. The van der Waals surface area contributed by atoms with Crippen molar-refractivity contribution in [3.8, 4) is 45.3 Å². The van der Waals surface area contributed by atoms with Crippen LogP contribution >= 0.6 is 31.9 Å². The van der Waals surface area contributed by atoms with Crippen LogP contribution in [0.1, 0.15) is 99.9 Å². The first-order valence-corrected chi connectivity index (χ1v) is 47.1. The lowest BCUT2D eigenvalue weighted by Crippen LogP contribution is -2.26. The molecule has 0 saturated heterocycles. The van der Waals surface area contributed by atoms with Crippen molar-refractivity contribution in [2.75, 3.05) is 0 Å². The summed E-state index contributed by atoms with van der Waals surface area (Å²) >= 11 is 7.32. The first-order valence-electron chi connectivity index (χ1n) is 45.6.